The van der Waals surface area contributed by atoms with E-state index >= 15 is 0 Å². The minimum atomic E-state index is 0.0823. The van der Waals surface area contributed by atoms with E-state index < -0.39 is 0 Å². The van der Waals surface area contributed by atoms with Gasteiger partial charge in [0.25, 0.3) is 0 Å². The molecular formula is C11H11N3O. The Morgan fingerprint density at radius 2 is 2.13 bits per heavy atom. The Kier molecular flexibility index (Phi) is 2.49. The Hall–Kier alpha value is -2.10. The fraction of sp³-hybridized carbons (Fsp3) is 0.0909. The van der Waals surface area contributed by atoms with Gasteiger partial charge in [-0.05, 0) is 18.6 Å². The summed E-state index contributed by atoms with van der Waals surface area (Å²) in [6.45, 7) is 2.04. The summed E-state index contributed by atoms with van der Waals surface area (Å²) in [5, 5.41) is 7.28. The van der Waals surface area contributed by atoms with Crippen LogP contribution in [0.2, 0.25) is 0 Å². The van der Waals surface area contributed by atoms with E-state index in [2.05, 4.69) is 16.3 Å². The molecule has 2 N–H and O–H groups in total. The van der Waals surface area contributed by atoms with Gasteiger partial charge in [-0.15, -0.1) is 5.10 Å². The summed E-state index contributed by atoms with van der Waals surface area (Å²) >= 11 is 0. The third kappa shape index (κ3) is 2.43. The largest absolute Gasteiger partial charge is 0.404 e. The molecule has 0 saturated heterocycles. The van der Waals surface area contributed by atoms with Gasteiger partial charge in [0.15, 0.2) is 0 Å². The standard InChI is InChI=1S/C11H11N3O/c1-8-3-2-4-9(7-8)5-6-10-13-14-11(12)15-10/h2-7H,1H3,(H2,12,14). The predicted molar refractivity (Wildman–Crippen MR) is 58.8 cm³/mol. The van der Waals surface area contributed by atoms with Gasteiger partial charge in [0.1, 0.15) is 0 Å². The van der Waals surface area contributed by atoms with Crippen LogP contribution in [0.5, 0.6) is 0 Å². The van der Waals surface area contributed by atoms with Gasteiger partial charge >= 0.3 is 6.01 Å². The van der Waals surface area contributed by atoms with Gasteiger partial charge in [0.05, 0.1) is 0 Å². The van der Waals surface area contributed by atoms with Crippen molar-refractivity contribution in [1.82, 2.24) is 10.2 Å². The molecule has 1 aromatic carbocycles. The molecule has 0 bridgehead atoms. The summed E-state index contributed by atoms with van der Waals surface area (Å²) in [5.41, 5.74) is 7.60. The lowest BCUT2D eigenvalue weighted by Gasteiger charge is -1.93. The number of aryl methyl sites for hydroxylation is 1. The van der Waals surface area contributed by atoms with E-state index in [0.29, 0.717) is 5.89 Å². The monoisotopic (exact) mass is 201 g/mol. The van der Waals surface area contributed by atoms with Crippen molar-refractivity contribution >= 4 is 18.2 Å². The van der Waals surface area contributed by atoms with Gasteiger partial charge in [-0.2, -0.15) is 0 Å². The highest BCUT2D eigenvalue weighted by molar-refractivity contribution is 5.66. The molecular weight excluding hydrogens is 190 g/mol. The van der Waals surface area contributed by atoms with Gasteiger partial charge in [-0.3, -0.25) is 0 Å². The minimum absolute atomic E-state index is 0.0823. The maximum absolute atomic E-state index is 5.30. The third-order valence-corrected chi connectivity index (χ3v) is 1.92. The Morgan fingerprint density at radius 1 is 1.27 bits per heavy atom. The van der Waals surface area contributed by atoms with Gasteiger partial charge in [0.2, 0.25) is 5.89 Å². The van der Waals surface area contributed by atoms with Crippen LogP contribution in [0, 0.1) is 6.92 Å². The molecule has 4 nitrogen and oxygen atoms in total. The third-order valence-electron chi connectivity index (χ3n) is 1.92. The van der Waals surface area contributed by atoms with Crippen molar-refractivity contribution < 1.29 is 4.42 Å². The topological polar surface area (TPSA) is 64.9 Å². The zero-order valence-electron chi connectivity index (χ0n) is 8.34. The number of benzene rings is 1. The van der Waals surface area contributed by atoms with Crippen LogP contribution < -0.4 is 5.73 Å². The zero-order valence-corrected chi connectivity index (χ0v) is 8.34. The number of hydrogen-bond acceptors (Lipinski definition) is 4. The molecule has 0 aliphatic heterocycles. The molecule has 2 aromatic rings. The molecule has 1 aromatic heterocycles. The van der Waals surface area contributed by atoms with Crippen LogP contribution in [-0.4, -0.2) is 10.2 Å². The summed E-state index contributed by atoms with van der Waals surface area (Å²) < 4.78 is 5.00. The summed E-state index contributed by atoms with van der Waals surface area (Å²) in [6, 6.07) is 8.19. The van der Waals surface area contributed by atoms with Gasteiger partial charge in [-0.1, -0.05) is 34.9 Å². The number of nitrogens with zero attached hydrogens (tertiary/aromatic N) is 2. The summed E-state index contributed by atoms with van der Waals surface area (Å²) in [7, 11) is 0. The number of rotatable bonds is 2. The van der Waals surface area contributed by atoms with Crippen molar-refractivity contribution in [1.29, 1.82) is 0 Å². The minimum Gasteiger partial charge on any atom is -0.404 e. The van der Waals surface area contributed by atoms with Crippen molar-refractivity contribution in [2.75, 3.05) is 5.73 Å². The second kappa shape index (κ2) is 3.96. The van der Waals surface area contributed by atoms with Crippen LogP contribution >= 0.6 is 0 Å². The Morgan fingerprint density at radius 3 is 2.80 bits per heavy atom. The molecule has 4 heteroatoms. The van der Waals surface area contributed by atoms with E-state index in [-0.39, 0.29) is 6.01 Å². The average molecular weight is 201 g/mol. The lowest BCUT2D eigenvalue weighted by Crippen LogP contribution is -1.81. The summed E-state index contributed by atoms with van der Waals surface area (Å²) in [6.07, 6.45) is 3.64. The van der Waals surface area contributed by atoms with Crippen molar-refractivity contribution in [2.45, 2.75) is 6.92 Å². The normalized spacial score (nSPS) is 11.0. The maximum atomic E-state index is 5.30. The number of nitrogens with two attached hydrogens (primary N) is 1. The zero-order chi connectivity index (χ0) is 10.7. The molecule has 0 unspecified atom stereocenters. The molecule has 0 fully saturated rings. The van der Waals surface area contributed by atoms with Crippen LogP contribution in [0.15, 0.2) is 28.7 Å². The maximum Gasteiger partial charge on any atom is 0.313 e. The molecule has 2 rings (SSSR count). The van der Waals surface area contributed by atoms with E-state index in [1.165, 1.54) is 5.56 Å². The van der Waals surface area contributed by atoms with Crippen LogP contribution in [0.1, 0.15) is 17.0 Å². The van der Waals surface area contributed by atoms with E-state index in [4.69, 9.17) is 10.2 Å². The molecule has 1 heterocycles. The molecule has 0 atom stereocenters. The first kappa shape index (κ1) is 9.45. The fourth-order valence-electron chi connectivity index (χ4n) is 1.26. The molecule has 0 radical (unpaired) electrons. The highest BCUT2D eigenvalue weighted by Crippen LogP contribution is 2.09. The summed E-state index contributed by atoms with van der Waals surface area (Å²) in [4.78, 5) is 0. The Labute approximate surface area is 87.4 Å². The first-order valence-corrected chi connectivity index (χ1v) is 4.58. The van der Waals surface area contributed by atoms with Gasteiger partial charge in [0, 0.05) is 6.08 Å². The molecule has 0 saturated carbocycles. The van der Waals surface area contributed by atoms with E-state index in [0.717, 1.165) is 5.56 Å². The number of anilines is 1. The van der Waals surface area contributed by atoms with Crippen LogP contribution in [0.4, 0.5) is 6.01 Å². The Balaban J connectivity index is 2.18. The van der Waals surface area contributed by atoms with Crippen LogP contribution in [-0.2, 0) is 0 Å². The average Bonchev–Trinajstić information content (AvgIpc) is 2.62. The lowest BCUT2D eigenvalue weighted by molar-refractivity contribution is 0.563. The molecule has 0 spiro atoms. The fourth-order valence-corrected chi connectivity index (χ4v) is 1.26. The second-order valence-corrected chi connectivity index (χ2v) is 3.23. The van der Waals surface area contributed by atoms with Crippen molar-refractivity contribution in [3.63, 3.8) is 0 Å². The molecule has 0 amide bonds. The Bertz CT molecular complexity index is 488. The van der Waals surface area contributed by atoms with Crippen LogP contribution in [0.25, 0.3) is 12.2 Å². The predicted octanol–water partition coefficient (Wildman–Crippen LogP) is 2.13. The SMILES string of the molecule is Cc1cccc(C=Cc2nnc(N)o2)c1. The lowest BCUT2D eigenvalue weighted by atomic mass is 10.1. The second-order valence-electron chi connectivity index (χ2n) is 3.23. The summed E-state index contributed by atoms with van der Waals surface area (Å²) in [5.74, 6) is 0.411. The smallest absolute Gasteiger partial charge is 0.313 e. The van der Waals surface area contributed by atoms with Crippen molar-refractivity contribution in [2.24, 2.45) is 0 Å². The molecule has 15 heavy (non-hydrogen) atoms. The van der Waals surface area contributed by atoms with Crippen molar-refractivity contribution in [3.05, 3.63) is 41.3 Å². The van der Waals surface area contributed by atoms with E-state index in [1.807, 2.05) is 31.2 Å². The van der Waals surface area contributed by atoms with Gasteiger partial charge in [-0.25, -0.2) is 0 Å². The van der Waals surface area contributed by atoms with Crippen molar-refractivity contribution in [3.8, 4) is 0 Å². The highest BCUT2D eigenvalue weighted by atomic mass is 16.4. The quantitative estimate of drug-likeness (QED) is 0.808. The van der Waals surface area contributed by atoms with Gasteiger partial charge < -0.3 is 10.2 Å². The first-order valence-electron chi connectivity index (χ1n) is 4.58. The molecule has 76 valence electrons. The number of nitrogen functional groups attached to an aromatic ring is 1. The molecule has 0 aliphatic carbocycles. The van der Waals surface area contributed by atoms with E-state index in [1.54, 1.807) is 6.08 Å². The van der Waals surface area contributed by atoms with Crippen LogP contribution in [0.3, 0.4) is 0 Å². The number of hydrogen-bond donors (Lipinski definition) is 1. The highest BCUT2D eigenvalue weighted by Gasteiger charge is 1.96. The van der Waals surface area contributed by atoms with E-state index in [9.17, 15) is 0 Å². The number of aromatic nitrogens is 2. The molecule has 0 aliphatic rings. The first-order chi connectivity index (χ1) is 7.24.